The molecule has 1 amide bonds. The van der Waals surface area contributed by atoms with Gasteiger partial charge in [-0.05, 0) is 19.4 Å². The summed E-state index contributed by atoms with van der Waals surface area (Å²) in [7, 11) is 0. The number of aliphatic hydroxyl groups excluding tert-OH is 1. The van der Waals surface area contributed by atoms with Gasteiger partial charge < -0.3 is 15.2 Å². The molecule has 0 aromatic carbocycles. The number of nitrogens with zero attached hydrogens (tertiary/aromatic N) is 1. The molecule has 2 rings (SSSR count). The molecular weight excluding hydrogens is 256 g/mol. The monoisotopic (exact) mass is 274 g/mol. The summed E-state index contributed by atoms with van der Waals surface area (Å²) in [4.78, 5) is 16.3. The van der Waals surface area contributed by atoms with Gasteiger partial charge in [0.1, 0.15) is 0 Å². The smallest absolute Gasteiger partial charge is 0.252 e. The average molecular weight is 274 g/mol. The predicted molar refractivity (Wildman–Crippen MR) is 74.1 cm³/mol. The van der Waals surface area contributed by atoms with E-state index in [9.17, 15) is 4.79 Å². The largest absolute Gasteiger partial charge is 0.395 e. The lowest BCUT2D eigenvalue weighted by molar-refractivity contribution is 0.0866. The third-order valence-electron chi connectivity index (χ3n) is 3.22. The van der Waals surface area contributed by atoms with Gasteiger partial charge in [-0.15, -0.1) is 0 Å². The summed E-state index contributed by atoms with van der Waals surface area (Å²) in [6.07, 6.45) is 4.37. The molecule has 0 radical (unpaired) electrons. The standard InChI is InChI=1S/C15H18N2O3/c1-11-14(6-9-20-11)17-15(19)13-5-7-16-10-12(13)4-2-3-8-18/h5,7,10-11,14,18H,3,6,8-9H2,1H3,(H,17,19). The van der Waals surface area contributed by atoms with Gasteiger partial charge in [-0.25, -0.2) is 0 Å². The molecule has 5 heteroatoms. The number of aliphatic hydroxyl groups is 1. The van der Waals surface area contributed by atoms with Crippen LogP contribution in [-0.2, 0) is 4.74 Å². The maximum atomic E-state index is 12.3. The number of hydrogen-bond donors (Lipinski definition) is 2. The normalized spacial score (nSPS) is 21.1. The first-order valence-electron chi connectivity index (χ1n) is 6.68. The Bertz CT molecular complexity index is 533. The predicted octanol–water partition coefficient (Wildman–Crippen LogP) is 0.723. The number of ether oxygens (including phenoxy) is 1. The van der Waals surface area contributed by atoms with Crippen LogP contribution in [-0.4, -0.2) is 41.4 Å². The highest BCUT2D eigenvalue weighted by atomic mass is 16.5. The Morgan fingerprint density at radius 2 is 2.50 bits per heavy atom. The number of pyridine rings is 1. The molecule has 106 valence electrons. The van der Waals surface area contributed by atoms with Crippen molar-refractivity contribution >= 4 is 5.91 Å². The van der Waals surface area contributed by atoms with Gasteiger partial charge >= 0.3 is 0 Å². The number of carbonyl (C=O) groups excluding carboxylic acids is 1. The zero-order valence-electron chi connectivity index (χ0n) is 11.4. The van der Waals surface area contributed by atoms with Crippen molar-refractivity contribution in [1.29, 1.82) is 0 Å². The minimum Gasteiger partial charge on any atom is -0.395 e. The summed E-state index contributed by atoms with van der Waals surface area (Å²) in [6, 6.07) is 1.69. The van der Waals surface area contributed by atoms with Gasteiger partial charge in [0.15, 0.2) is 0 Å². The second-order valence-corrected chi connectivity index (χ2v) is 4.64. The van der Waals surface area contributed by atoms with Crippen molar-refractivity contribution in [3.05, 3.63) is 29.6 Å². The fourth-order valence-electron chi connectivity index (χ4n) is 2.07. The second-order valence-electron chi connectivity index (χ2n) is 4.64. The van der Waals surface area contributed by atoms with Gasteiger partial charge in [-0.1, -0.05) is 11.8 Å². The van der Waals surface area contributed by atoms with Gasteiger partial charge in [-0.3, -0.25) is 9.78 Å². The van der Waals surface area contributed by atoms with Crippen molar-refractivity contribution in [2.24, 2.45) is 0 Å². The minimum absolute atomic E-state index is 0.00567. The summed E-state index contributed by atoms with van der Waals surface area (Å²) >= 11 is 0. The number of nitrogens with one attached hydrogen (secondary N) is 1. The van der Waals surface area contributed by atoms with Gasteiger partial charge in [0.05, 0.1) is 29.9 Å². The Morgan fingerprint density at radius 3 is 3.20 bits per heavy atom. The summed E-state index contributed by atoms with van der Waals surface area (Å²) in [5, 5.41) is 11.7. The highest BCUT2D eigenvalue weighted by Gasteiger charge is 2.26. The zero-order chi connectivity index (χ0) is 14.4. The fourth-order valence-corrected chi connectivity index (χ4v) is 2.07. The van der Waals surface area contributed by atoms with E-state index in [0.717, 1.165) is 6.42 Å². The van der Waals surface area contributed by atoms with E-state index in [0.29, 0.717) is 24.2 Å². The molecule has 5 nitrogen and oxygen atoms in total. The molecule has 2 heterocycles. The summed E-state index contributed by atoms with van der Waals surface area (Å²) in [6.45, 7) is 2.63. The third-order valence-corrected chi connectivity index (χ3v) is 3.22. The van der Waals surface area contributed by atoms with E-state index in [1.807, 2.05) is 6.92 Å². The SMILES string of the molecule is CC1OCCC1NC(=O)c1ccncc1C#CCCO. The summed E-state index contributed by atoms with van der Waals surface area (Å²) < 4.78 is 5.43. The molecule has 1 aliphatic heterocycles. The van der Waals surface area contributed by atoms with Crippen LogP contribution < -0.4 is 5.32 Å². The molecule has 1 aromatic heterocycles. The topological polar surface area (TPSA) is 71.5 Å². The number of hydrogen-bond acceptors (Lipinski definition) is 4. The van der Waals surface area contributed by atoms with Crippen molar-refractivity contribution in [3.8, 4) is 11.8 Å². The van der Waals surface area contributed by atoms with E-state index in [4.69, 9.17) is 9.84 Å². The van der Waals surface area contributed by atoms with Crippen LogP contribution in [0.2, 0.25) is 0 Å². The van der Waals surface area contributed by atoms with Crippen LogP contribution >= 0.6 is 0 Å². The van der Waals surface area contributed by atoms with Crippen LogP contribution in [0.1, 0.15) is 35.7 Å². The molecule has 1 fully saturated rings. The molecule has 1 aromatic rings. The molecule has 1 saturated heterocycles. The average Bonchev–Trinajstić information content (AvgIpc) is 2.85. The van der Waals surface area contributed by atoms with Crippen LogP contribution in [0.4, 0.5) is 0 Å². The molecule has 0 saturated carbocycles. The molecular formula is C15H18N2O3. The Morgan fingerprint density at radius 1 is 1.65 bits per heavy atom. The van der Waals surface area contributed by atoms with Crippen LogP contribution in [0.5, 0.6) is 0 Å². The third kappa shape index (κ3) is 3.56. The van der Waals surface area contributed by atoms with Gasteiger partial charge in [-0.2, -0.15) is 0 Å². The van der Waals surface area contributed by atoms with Crippen molar-refractivity contribution in [2.45, 2.75) is 31.9 Å². The lowest BCUT2D eigenvalue weighted by atomic mass is 10.1. The highest BCUT2D eigenvalue weighted by molar-refractivity contribution is 5.96. The molecule has 2 atom stereocenters. The zero-order valence-corrected chi connectivity index (χ0v) is 11.4. The Labute approximate surface area is 118 Å². The van der Waals surface area contributed by atoms with E-state index < -0.39 is 0 Å². The van der Waals surface area contributed by atoms with E-state index in [2.05, 4.69) is 22.1 Å². The van der Waals surface area contributed by atoms with E-state index in [-0.39, 0.29) is 24.7 Å². The second kappa shape index (κ2) is 7.04. The van der Waals surface area contributed by atoms with E-state index in [1.54, 1.807) is 18.5 Å². The number of rotatable bonds is 3. The van der Waals surface area contributed by atoms with Crippen molar-refractivity contribution < 1.29 is 14.6 Å². The molecule has 1 aliphatic rings. The van der Waals surface area contributed by atoms with Crippen molar-refractivity contribution in [2.75, 3.05) is 13.2 Å². The molecule has 0 aliphatic carbocycles. The van der Waals surface area contributed by atoms with Gasteiger partial charge in [0.25, 0.3) is 5.91 Å². The lowest BCUT2D eigenvalue weighted by Gasteiger charge is -2.16. The van der Waals surface area contributed by atoms with Gasteiger partial charge in [0, 0.05) is 25.4 Å². The Hall–Kier alpha value is -1.90. The van der Waals surface area contributed by atoms with E-state index in [1.165, 1.54) is 0 Å². The number of amides is 1. The molecule has 0 bridgehead atoms. The van der Waals surface area contributed by atoms with Crippen molar-refractivity contribution in [1.82, 2.24) is 10.3 Å². The van der Waals surface area contributed by atoms with Crippen LogP contribution in [0, 0.1) is 11.8 Å². The number of carbonyl (C=O) groups is 1. The van der Waals surface area contributed by atoms with Crippen LogP contribution in [0.25, 0.3) is 0 Å². The molecule has 2 unspecified atom stereocenters. The Balaban J connectivity index is 2.11. The number of aromatic nitrogens is 1. The maximum absolute atomic E-state index is 12.3. The minimum atomic E-state index is -0.164. The fraction of sp³-hybridized carbons (Fsp3) is 0.467. The lowest BCUT2D eigenvalue weighted by Crippen LogP contribution is -2.39. The first-order valence-corrected chi connectivity index (χ1v) is 6.68. The first kappa shape index (κ1) is 14.5. The molecule has 20 heavy (non-hydrogen) atoms. The van der Waals surface area contributed by atoms with Crippen LogP contribution in [0.15, 0.2) is 18.5 Å². The Kier molecular flexibility index (Phi) is 5.10. The quantitative estimate of drug-likeness (QED) is 0.797. The molecule has 0 spiro atoms. The summed E-state index contributed by atoms with van der Waals surface area (Å²) in [5.41, 5.74) is 1.08. The van der Waals surface area contributed by atoms with Crippen LogP contribution in [0.3, 0.4) is 0 Å². The maximum Gasteiger partial charge on any atom is 0.252 e. The van der Waals surface area contributed by atoms with E-state index >= 15 is 0 Å². The first-order chi connectivity index (χ1) is 9.72. The highest BCUT2D eigenvalue weighted by Crippen LogP contribution is 2.14. The molecule has 2 N–H and O–H groups in total. The van der Waals surface area contributed by atoms with Gasteiger partial charge in [0.2, 0.25) is 0 Å². The summed E-state index contributed by atoms with van der Waals surface area (Å²) in [5.74, 6) is 5.51. The van der Waals surface area contributed by atoms with Crippen molar-refractivity contribution in [3.63, 3.8) is 0 Å².